The molecule has 1 atom stereocenters. The van der Waals surface area contributed by atoms with Gasteiger partial charge in [0, 0.05) is 40.0 Å². The first kappa shape index (κ1) is 44.7. The summed E-state index contributed by atoms with van der Waals surface area (Å²) in [5.41, 5.74) is 1.47. The van der Waals surface area contributed by atoms with Crippen molar-refractivity contribution in [3.8, 4) is 0 Å². The molecule has 16 heteroatoms. The lowest BCUT2D eigenvalue weighted by Crippen LogP contribution is -2.59. The Morgan fingerprint density at radius 2 is 0.921 bits per heavy atom. The van der Waals surface area contributed by atoms with Crippen LogP contribution in [0.25, 0.3) is 0 Å². The maximum atomic E-state index is 13.2. The van der Waals surface area contributed by atoms with E-state index in [4.69, 9.17) is 35.9 Å². The first-order chi connectivity index (χ1) is 17.2. The van der Waals surface area contributed by atoms with Crippen molar-refractivity contribution in [3.05, 3.63) is 0 Å². The van der Waals surface area contributed by atoms with Gasteiger partial charge in [-0.25, -0.2) is 0 Å². The first-order valence-electron chi connectivity index (χ1n) is 12.5. The van der Waals surface area contributed by atoms with Crippen LogP contribution in [-0.2, 0) is 35.9 Å². The highest BCUT2D eigenvalue weighted by atomic mass is 28.5. The normalized spacial score (nSPS) is 14.1. The first-order valence-corrected chi connectivity index (χ1v) is 26.9. The van der Waals surface area contributed by atoms with Crippen molar-refractivity contribution in [1.82, 2.24) is 0 Å². The molecule has 8 nitrogen and oxygen atoms in total. The Labute approximate surface area is 234 Å². The van der Waals surface area contributed by atoms with E-state index in [0.29, 0.717) is 25.5 Å². The van der Waals surface area contributed by atoms with Gasteiger partial charge in [-0.3, -0.25) is 0 Å². The number of rotatable bonds is 16. The van der Waals surface area contributed by atoms with Crippen molar-refractivity contribution in [3.63, 3.8) is 0 Å². The van der Waals surface area contributed by atoms with Gasteiger partial charge in [0.25, 0.3) is 0 Å². The topological polar surface area (TPSA) is 97.4 Å². The summed E-state index contributed by atoms with van der Waals surface area (Å²) in [6.45, 7) is 29.9. The standard InChI is InChI=1S/C19H47F3O5Si5.3CH2O/c1-12-23-32(24-13-2,25-14-3)18-30(9,10)27-31(11,16-15-19(20,21)22)26-29(7,8)17-28(4,5)6;3*1-2/h12-18H2,1-11H3;3*1H2. The van der Waals surface area contributed by atoms with Crippen molar-refractivity contribution in [2.24, 2.45) is 0 Å². The molecule has 0 saturated heterocycles. The van der Waals surface area contributed by atoms with Gasteiger partial charge < -0.3 is 35.9 Å². The van der Waals surface area contributed by atoms with Crippen LogP contribution in [0.4, 0.5) is 13.2 Å². The smallest absolute Gasteiger partial charge is 0.437 e. The summed E-state index contributed by atoms with van der Waals surface area (Å²) in [5, 5.41) is 0. The van der Waals surface area contributed by atoms with Gasteiger partial charge in [-0.05, 0) is 65.2 Å². The summed E-state index contributed by atoms with van der Waals surface area (Å²) in [4.78, 5) is 24.0. The maximum absolute atomic E-state index is 13.2. The molecule has 0 aliphatic heterocycles. The van der Waals surface area contributed by atoms with Gasteiger partial charge in [0.15, 0.2) is 16.6 Å². The third-order valence-electron chi connectivity index (χ3n) is 4.54. The number of hydrogen-bond donors (Lipinski definition) is 0. The van der Waals surface area contributed by atoms with Crippen LogP contribution in [0.1, 0.15) is 27.2 Å². The van der Waals surface area contributed by atoms with Crippen LogP contribution in [-0.4, -0.2) is 88.4 Å². The zero-order valence-corrected chi connectivity index (χ0v) is 30.5. The van der Waals surface area contributed by atoms with E-state index in [-0.39, 0.29) is 6.04 Å². The Morgan fingerprint density at radius 1 is 0.605 bits per heavy atom. The Balaban J connectivity index is -0.000000892. The molecule has 0 aliphatic rings. The average molecular weight is 643 g/mol. The van der Waals surface area contributed by atoms with E-state index in [1.807, 2.05) is 60.8 Å². The van der Waals surface area contributed by atoms with Crippen molar-refractivity contribution in [1.29, 1.82) is 0 Å². The largest absolute Gasteiger partial charge is 0.500 e. The van der Waals surface area contributed by atoms with Crippen LogP contribution in [0.5, 0.6) is 0 Å². The fourth-order valence-corrected chi connectivity index (χ4v) is 35.0. The van der Waals surface area contributed by atoms with E-state index >= 15 is 0 Å². The van der Waals surface area contributed by atoms with E-state index < -0.39 is 54.7 Å². The van der Waals surface area contributed by atoms with Crippen molar-refractivity contribution in [2.75, 3.05) is 19.8 Å². The molecule has 0 saturated carbocycles. The fourth-order valence-electron chi connectivity index (χ4n) is 4.47. The van der Waals surface area contributed by atoms with Crippen molar-refractivity contribution < 1.29 is 49.1 Å². The van der Waals surface area contributed by atoms with Gasteiger partial charge in [0.1, 0.15) is 20.4 Å². The molecule has 0 bridgehead atoms. The second-order valence-electron chi connectivity index (χ2n) is 10.9. The van der Waals surface area contributed by atoms with E-state index in [0.717, 1.165) is 5.67 Å². The molecule has 0 spiro atoms. The van der Waals surface area contributed by atoms with E-state index in [1.54, 1.807) is 0 Å². The second-order valence-corrected chi connectivity index (χ2v) is 32.5. The zero-order chi connectivity index (χ0) is 31.5. The monoisotopic (exact) mass is 642 g/mol. The molecular formula is C22H53F3O8Si5. The van der Waals surface area contributed by atoms with Crippen LogP contribution in [0.15, 0.2) is 0 Å². The summed E-state index contributed by atoms with van der Waals surface area (Å²) >= 11 is 0. The zero-order valence-electron chi connectivity index (χ0n) is 25.5. The molecule has 0 N–H and O–H groups in total. The molecule has 230 valence electrons. The molecule has 1 unspecified atom stereocenters. The number of carbonyl (C=O) groups excluding carboxylic acids is 3. The summed E-state index contributed by atoms with van der Waals surface area (Å²) in [5.74, 6) is 0. The van der Waals surface area contributed by atoms with Gasteiger partial charge in [-0.2, -0.15) is 13.2 Å². The summed E-state index contributed by atoms with van der Waals surface area (Å²) < 4.78 is 70.9. The molecule has 0 aromatic rings. The SMILES string of the molecule is C=O.C=O.C=O.CCO[Si](C[Si](C)(C)O[Si](C)(CCC(F)(F)F)O[Si](C)(C)C[Si](C)(C)C)(OCC)OCC. The molecule has 0 rings (SSSR count). The number of hydrogen-bond acceptors (Lipinski definition) is 8. The minimum Gasteiger partial charge on any atom is -0.437 e. The molecule has 0 fully saturated rings. The predicted molar refractivity (Wildman–Crippen MR) is 159 cm³/mol. The molecular weight excluding hydrogens is 590 g/mol. The van der Waals surface area contributed by atoms with Crippen LogP contribution >= 0.6 is 0 Å². The third-order valence-corrected chi connectivity index (χ3v) is 28.5. The molecule has 0 amide bonds. The van der Waals surface area contributed by atoms with Crippen LogP contribution in [0, 0.1) is 0 Å². The van der Waals surface area contributed by atoms with Gasteiger partial charge in [-0.15, -0.1) is 0 Å². The average Bonchev–Trinajstić information content (AvgIpc) is 2.74. The van der Waals surface area contributed by atoms with Gasteiger partial charge in [-0.1, -0.05) is 19.6 Å². The minimum atomic E-state index is -4.24. The van der Waals surface area contributed by atoms with Crippen molar-refractivity contribution in [2.45, 2.75) is 103 Å². The predicted octanol–water partition coefficient (Wildman–Crippen LogP) is 6.36. The summed E-state index contributed by atoms with van der Waals surface area (Å²) in [7, 11) is -12.3. The van der Waals surface area contributed by atoms with Gasteiger partial charge in [0.05, 0.1) is 0 Å². The highest BCUT2D eigenvalue weighted by Gasteiger charge is 2.52. The highest BCUT2D eigenvalue weighted by Crippen LogP contribution is 2.35. The fraction of sp³-hybridized carbons (Fsp3) is 0.864. The van der Waals surface area contributed by atoms with Crippen LogP contribution < -0.4 is 0 Å². The lowest BCUT2D eigenvalue weighted by atomic mass is 10.5. The second kappa shape index (κ2) is 20.5. The lowest BCUT2D eigenvalue weighted by Gasteiger charge is -2.43. The van der Waals surface area contributed by atoms with Gasteiger partial charge >= 0.3 is 23.5 Å². The van der Waals surface area contributed by atoms with E-state index in [9.17, 15) is 13.2 Å². The molecule has 0 aliphatic carbocycles. The molecule has 0 radical (unpaired) electrons. The van der Waals surface area contributed by atoms with E-state index in [2.05, 4.69) is 32.7 Å². The summed E-state index contributed by atoms with van der Waals surface area (Å²) in [6.07, 6.45) is -5.12. The number of halogens is 3. The Kier molecular flexibility index (Phi) is 24.2. The highest BCUT2D eigenvalue weighted by molar-refractivity contribution is 6.97. The quantitative estimate of drug-likeness (QED) is 0.179. The van der Waals surface area contributed by atoms with Crippen LogP contribution in [0.3, 0.4) is 0 Å². The Morgan fingerprint density at radius 3 is 1.18 bits per heavy atom. The maximum Gasteiger partial charge on any atom is 0.500 e. The van der Waals surface area contributed by atoms with Gasteiger partial charge in [0.2, 0.25) is 0 Å². The molecule has 0 aromatic carbocycles. The lowest BCUT2D eigenvalue weighted by molar-refractivity contribution is -0.131. The minimum absolute atomic E-state index is 0.0957. The Hall–Kier alpha value is -0.316. The summed E-state index contributed by atoms with van der Waals surface area (Å²) in [6, 6.07) is -0.0957. The van der Waals surface area contributed by atoms with Crippen molar-refractivity contribution >= 4 is 62.4 Å². The van der Waals surface area contributed by atoms with E-state index in [1.165, 1.54) is 0 Å². The molecule has 38 heavy (non-hydrogen) atoms. The number of alkyl halides is 3. The third kappa shape index (κ3) is 23.6. The Bertz CT molecular complexity index is 589. The number of carbonyl (C=O) groups is 3. The molecule has 0 aromatic heterocycles. The molecule has 0 heterocycles. The van der Waals surface area contributed by atoms with Crippen LogP contribution in [0.2, 0.25) is 69.8 Å².